The van der Waals surface area contributed by atoms with E-state index in [0.717, 1.165) is 23.2 Å². The summed E-state index contributed by atoms with van der Waals surface area (Å²) in [5, 5.41) is 0. The Kier molecular flexibility index (Phi) is 3.23. The number of carbonyl (C=O) groups is 2. The highest BCUT2D eigenvalue weighted by Crippen LogP contribution is 2.27. The molecule has 18 heavy (non-hydrogen) atoms. The maximum absolute atomic E-state index is 11.6. The molecule has 1 aromatic rings. The Morgan fingerprint density at radius 1 is 1.44 bits per heavy atom. The van der Waals surface area contributed by atoms with Gasteiger partial charge in [-0.2, -0.15) is 0 Å². The lowest BCUT2D eigenvalue weighted by Gasteiger charge is -2.26. The summed E-state index contributed by atoms with van der Waals surface area (Å²) in [4.78, 5) is 25.7. The highest BCUT2D eigenvalue weighted by Gasteiger charge is 2.20. The molecule has 0 fully saturated rings. The van der Waals surface area contributed by atoms with E-state index in [1.165, 1.54) is 4.90 Å². The van der Waals surface area contributed by atoms with Crippen LogP contribution < -0.4 is 10.6 Å². The standard InChI is InChI=1S/C13H17N3O2/c1-15(13(14)18)8-9-3-5-11-10(7-9)4-6-12(17)16(11)2/h3,5,7H,4,6,8H2,1-2H3,(H2,14,18). The van der Waals surface area contributed by atoms with Gasteiger partial charge in [0.25, 0.3) is 0 Å². The Morgan fingerprint density at radius 3 is 2.83 bits per heavy atom. The van der Waals surface area contributed by atoms with Gasteiger partial charge in [-0.05, 0) is 23.6 Å². The number of carbonyl (C=O) groups excluding carboxylic acids is 2. The van der Waals surface area contributed by atoms with E-state index < -0.39 is 6.03 Å². The maximum atomic E-state index is 11.6. The second kappa shape index (κ2) is 4.68. The molecule has 1 aliphatic heterocycles. The molecule has 96 valence electrons. The van der Waals surface area contributed by atoms with E-state index in [4.69, 9.17) is 5.73 Å². The average molecular weight is 247 g/mol. The Morgan fingerprint density at radius 2 is 2.17 bits per heavy atom. The van der Waals surface area contributed by atoms with Crippen molar-refractivity contribution in [1.82, 2.24) is 4.90 Å². The van der Waals surface area contributed by atoms with Crippen LogP contribution in [0.25, 0.3) is 0 Å². The van der Waals surface area contributed by atoms with E-state index in [9.17, 15) is 9.59 Å². The van der Waals surface area contributed by atoms with Crippen molar-refractivity contribution in [2.45, 2.75) is 19.4 Å². The molecule has 0 unspecified atom stereocenters. The van der Waals surface area contributed by atoms with Crippen molar-refractivity contribution in [2.75, 3.05) is 19.0 Å². The van der Waals surface area contributed by atoms with Crippen LogP contribution in [0.5, 0.6) is 0 Å². The smallest absolute Gasteiger partial charge is 0.314 e. The van der Waals surface area contributed by atoms with Gasteiger partial charge in [0.05, 0.1) is 0 Å². The van der Waals surface area contributed by atoms with Crippen LogP contribution in [0.3, 0.4) is 0 Å². The summed E-state index contributed by atoms with van der Waals surface area (Å²) >= 11 is 0. The summed E-state index contributed by atoms with van der Waals surface area (Å²) in [6.45, 7) is 0.486. The third-order valence-corrected chi connectivity index (χ3v) is 3.28. The lowest BCUT2D eigenvalue weighted by atomic mass is 9.99. The molecular formula is C13H17N3O2. The van der Waals surface area contributed by atoms with Crippen LogP contribution in [0.15, 0.2) is 18.2 Å². The number of primary amides is 1. The Bertz CT molecular complexity index is 499. The van der Waals surface area contributed by atoms with E-state index in [1.807, 2.05) is 18.2 Å². The monoisotopic (exact) mass is 247 g/mol. The molecule has 3 amide bonds. The predicted molar refractivity (Wildman–Crippen MR) is 69.2 cm³/mol. The molecular weight excluding hydrogens is 230 g/mol. The molecule has 0 spiro atoms. The van der Waals surface area contributed by atoms with Gasteiger partial charge in [0.2, 0.25) is 5.91 Å². The van der Waals surface area contributed by atoms with Crippen molar-refractivity contribution in [3.8, 4) is 0 Å². The number of aryl methyl sites for hydroxylation is 1. The largest absolute Gasteiger partial charge is 0.351 e. The fourth-order valence-electron chi connectivity index (χ4n) is 2.16. The summed E-state index contributed by atoms with van der Waals surface area (Å²) in [5.41, 5.74) is 8.32. The van der Waals surface area contributed by atoms with E-state index in [1.54, 1.807) is 19.0 Å². The molecule has 5 nitrogen and oxygen atoms in total. The van der Waals surface area contributed by atoms with Gasteiger partial charge in [0.1, 0.15) is 0 Å². The van der Waals surface area contributed by atoms with Crippen molar-refractivity contribution in [3.63, 3.8) is 0 Å². The van der Waals surface area contributed by atoms with E-state index in [2.05, 4.69) is 0 Å². The minimum Gasteiger partial charge on any atom is -0.351 e. The molecule has 0 saturated heterocycles. The first kappa shape index (κ1) is 12.4. The highest BCUT2D eigenvalue weighted by atomic mass is 16.2. The van der Waals surface area contributed by atoms with Crippen LogP contribution in [0.2, 0.25) is 0 Å². The number of urea groups is 1. The van der Waals surface area contributed by atoms with Gasteiger partial charge in [-0.25, -0.2) is 4.79 Å². The second-order valence-electron chi connectivity index (χ2n) is 4.61. The first-order valence-electron chi connectivity index (χ1n) is 5.88. The summed E-state index contributed by atoms with van der Waals surface area (Å²) in [6.07, 6.45) is 1.30. The topological polar surface area (TPSA) is 66.6 Å². The molecule has 1 aliphatic rings. The quantitative estimate of drug-likeness (QED) is 0.850. The zero-order valence-corrected chi connectivity index (χ0v) is 10.6. The average Bonchev–Trinajstić information content (AvgIpc) is 2.34. The van der Waals surface area contributed by atoms with Crippen molar-refractivity contribution in [2.24, 2.45) is 5.73 Å². The molecule has 0 saturated carbocycles. The van der Waals surface area contributed by atoms with E-state index >= 15 is 0 Å². The highest BCUT2D eigenvalue weighted by molar-refractivity contribution is 5.95. The molecule has 0 aliphatic carbocycles. The maximum Gasteiger partial charge on any atom is 0.314 e. The Hall–Kier alpha value is -2.04. The third-order valence-electron chi connectivity index (χ3n) is 3.28. The number of hydrogen-bond donors (Lipinski definition) is 1. The minimum absolute atomic E-state index is 0.143. The predicted octanol–water partition coefficient (Wildman–Crippen LogP) is 1.11. The summed E-state index contributed by atoms with van der Waals surface area (Å²) in [6, 6.07) is 5.45. The van der Waals surface area contributed by atoms with Gasteiger partial charge >= 0.3 is 6.03 Å². The number of rotatable bonds is 2. The summed E-state index contributed by atoms with van der Waals surface area (Å²) < 4.78 is 0. The van der Waals surface area contributed by atoms with Crippen LogP contribution in [0, 0.1) is 0 Å². The van der Waals surface area contributed by atoms with Crippen molar-refractivity contribution in [1.29, 1.82) is 0 Å². The fourth-order valence-corrected chi connectivity index (χ4v) is 2.16. The fraction of sp³-hybridized carbons (Fsp3) is 0.385. The van der Waals surface area contributed by atoms with Gasteiger partial charge in [-0.3, -0.25) is 4.79 Å². The number of nitrogens with two attached hydrogens (primary N) is 1. The van der Waals surface area contributed by atoms with Crippen molar-refractivity contribution >= 4 is 17.6 Å². The number of nitrogens with zero attached hydrogens (tertiary/aromatic N) is 2. The third kappa shape index (κ3) is 2.30. The number of hydrogen-bond acceptors (Lipinski definition) is 2. The zero-order chi connectivity index (χ0) is 13.3. The molecule has 1 heterocycles. The second-order valence-corrected chi connectivity index (χ2v) is 4.61. The number of amides is 3. The van der Waals surface area contributed by atoms with Crippen molar-refractivity contribution in [3.05, 3.63) is 29.3 Å². The van der Waals surface area contributed by atoms with Gasteiger partial charge in [0.15, 0.2) is 0 Å². The zero-order valence-electron chi connectivity index (χ0n) is 10.6. The van der Waals surface area contributed by atoms with Crippen LogP contribution >= 0.6 is 0 Å². The first-order chi connectivity index (χ1) is 8.49. The molecule has 0 aromatic heterocycles. The molecule has 0 radical (unpaired) electrons. The van der Waals surface area contributed by atoms with Gasteiger partial charge in [-0.1, -0.05) is 12.1 Å². The molecule has 5 heteroatoms. The van der Waals surface area contributed by atoms with Gasteiger partial charge < -0.3 is 15.5 Å². The minimum atomic E-state index is -0.444. The normalized spacial score (nSPS) is 14.3. The summed E-state index contributed by atoms with van der Waals surface area (Å²) in [7, 11) is 3.45. The lowest BCUT2D eigenvalue weighted by Crippen LogP contribution is -2.32. The lowest BCUT2D eigenvalue weighted by molar-refractivity contribution is -0.118. The number of anilines is 1. The van der Waals surface area contributed by atoms with Gasteiger partial charge in [0, 0.05) is 32.7 Å². The Labute approximate surface area is 106 Å². The van der Waals surface area contributed by atoms with E-state index in [-0.39, 0.29) is 5.91 Å². The van der Waals surface area contributed by atoms with E-state index in [0.29, 0.717) is 13.0 Å². The van der Waals surface area contributed by atoms with Crippen LogP contribution in [0.1, 0.15) is 17.5 Å². The molecule has 2 N–H and O–H groups in total. The van der Waals surface area contributed by atoms with Crippen LogP contribution in [-0.4, -0.2) is 30.9 Å². The van der Waals surface area contributed by atoms with Crippen LogP contribution in [-0.2, 0) is 17.8 Å². The first-order valence-corrected chi connectivity index (χ1v) is 5.88. The molecule has 0 bridgehead atoms. The summed E-state index contributed by atoms with van der Waals surface area (Å²) in [5.74, 6) is 0.143. The number of benzene rings is 1. The molecule has 2 rings (SSSR count). The Balaban J connectivity index is 2.23. The molecule has 1 aromatic carbocycles. The number of fused-ring (bicyclic) bond motifs is 1. The van der Waals surface area contributed by atoms with Crippen molar-refractivity contribution < 1.29 is 9.59 Å². The van der Waals surface area contributed by atoms with Gasteiger partial charge in [-0.15, -0.1) is 0 Å². The SMILES string of the molecule is CN(Cc1ccc2c(c1)CCC(=O)N2C)C(N)=O. The molecule has 0 atom stereocenters. The van der Waals surface area contributed by atoms with Crippen LogP contribution in [0.4, 0.5) is 10.5 Å².